The summed E-state index contributed by atoms with van der Waals surface area (Å²) in [5.41, 5.74) is 0. The molecule has 1 aliphatic rings. The Hall–Kier alpha value is -1.92. The molecule has 1 aliphatic heterocycles. The second kappa shape index (κ2) is 5.83. The molecule has 0 saturated carbocycles. The fraction of sp³-hybridized carbons (Fsp3) is 0.333. The first-order chi connectivity index (χ1) is 10.1. The van der Waals surface area contributed by atoms with Crippen LogP contribution in [0.5, 0.6) is 0 Å². The monoisotopic (exact) mass is 305 g/mol. The van der Waals surface area contributed by atoms with E-state index in [2.05, 4.69) is 0 Å². The van der Waals surface area contributed by atoms with Crippen molar-refractivity contribution in [3.05, 3.63) is 35.2 Å². The minimum Gasteiger partial charge on any atom is -0.481 e. The van der Waals surface area contributed by atoms with Crippen molar-refractivity contribution in [2.24, 2.45) is 0 Å². The molecular formula is C15H15NO4S. The van der Waals surface area contributed by atoms with Crippen LogP contribution in [0.25, 0.3) is 10.1 Å². The highest BCUT2D eigenvalue weighted by Crippen LogP contribution is 2.26. The Morgan fingerprint density at radius 1 is 1.38 bits per heavy atom. The van der Waals surface area contributed by atoms with Gasteiger partial charge < -0.3 is 14.7 Å². The molecule has 1 atom stereocenters. The summed E-state index contributed by atoms with van der Waals surface area (Å²) < 4.78 is 6.47. The van der Waals surface area contributed by atoms with E-state index >= 15 is 0 Å². The largest absolute Gasteiger partial charge is 0.481 e. The van der Waals surface area contributed by atoms with Crippen LogP contribution >= 0.6 is 11.3 Å². The van der Waals surface area contributed by atoms with E-state index in [1.165, 1.54) is 11.3 Å². The lowest BCUT2D eigenvalue weighted by molar-refractivity contribution is -0.141. The predicted molar refractivity (Wildman–Crippen MR) is 79.7 cm³/mol. The third-order valence-electron chi connectivity index (χ3n) is 3.46. The molecule has 110 valence electrons. The van der Waals surface area contributed by atoms with Crippen LogP contribution in [0.2, 0.25) is 0 Å². The molecule has 1 amide bonds. The molecule has 1 unspecified atom stereocenters. The SMILES string of the molecule is O=C(O)CC1CN(C(=O)c2cc3ccccc3s2)CCO1. The van der Waals surface area contributed by atoms with Crippen LogP contribution in [0.15, 0.2) is 30.3 Å². The van der Waals surface area contributed by atoms with Gasteiger partial charge in [-0.3, -0.25) is 9.59 Å². The summed E-state index contributed by atoms with van der Waals surface area (Å²) in [6.07, 6.45) is -0.495. The molecule has 1 N–H and O–H groups in total. The van der Waals surface area contributed by atoms with Crippen molar-refractivity contribution >= 4 is 33.3 Å². The van der Waals surface area contributed by atoms with Gasteiger partial charge in [-0.1, -0.05) is 18.2 Å². The van der Waals surface area contributed by atoms with Crippen molar-refractivity contribution < 1.29 is 19.4 Å². The lowest BCUT2D eigenvalue weighted by Crippen LogP contribution is -2.46. The van der Waals surface area contributed by atoms with E-state index in [4.69, 9.17) is 9.84 Å². The van der Waals surface area contributed by atoms with Crippen molar-refractivity contribution in [3.63, 3.8) is 0 Å². The van der Waals surface area contributed by atoms with E-state index in [0.717, 1.165) is 10.1 Å². The van der Waals surface area contributed by atoms with Gasteiger partial charge in [0.1, 0.15) is 0 Å². The maximum Gasteiger partial charge on any atom is 0.306 e. The van der Waals surface area contributed by atoms with Gasteiger partial charge in [0.2, 0.25) is 0 Å². The van der Waals surface area contributed by atoms with Crippen molar-refractivity contribution in [2.45, 2.75) is 12.5 Å². The van der Waals surface area contributed by atoms with Gasteiger partial charge in [-0.2, -0.15) is 0 Å². The summed E-state index contributed by atoms with van der Waals surface area (Å²) in [5, 5.41) is 9.88. The number of carboxylic acid groups (broad SMARTS) is 1. The Kier molecular flexibility index (Phi) is 3.90. The van der Waals surface area contributed by atoms with Crippen LogP contribution in [0.1, 0.15) is 16.1 Å². The van der Waals surface area contributed by atoms with E-state index < -0.39 is 12.1 Å². The molecule has 0 bridgehead atoms. The molecule has 1 saturated heterocycles. The molecular weight excluding hydrogens is 290 g/mol. The zero-order valence-electron chi connectivity index (χ0n) is 11.3. The fourth-order valence-corrected chi connectivity index (χ4v) is 3.50. The Balaban J connectivity index is 1.76. The van der Waals surface area contributed by atoms with Gasteiger partial charge in [0, 0.05) is 17.8 Å². The lowest BCUT2D eigenvalue weighted by Gasteiger charge is -2.32. The van der Waals surface area contributed by atoms with Crippen LogP contribution in [0.4, 0.5) is 0 Å². The van der Waals surface area contributed by atoms with Gasteiger partial charge in [0.25, 0.3) is 5.91 Å². The van der Waals surface area contributed by atoms with Gasteiger partial charge >= 0.3 is 5.97 Å². The molecule has 0 radical (unpaired) electrons. The second-order valence-corrected chi connectivity index (χ2v) is 6.07. The van der Waals surface area contributed by atoms with Crippen LogP contribution in [-0.2, 0) is 9.53 Å². The zero-order chi connectivity index (χ0) is 14.8. The lowest BCUT2D eigenvalue weighted by atomic mass is 10.2. The van der Waals surface area contributed by atoms with Crippen LogP contribution in [0.3, 0.4) is 0 Å². The Bertz CT molecular complexity index is 648. The van der Waals surface area contributed by atoms with Gasteiger partial charge in [0.05, 0.1) is 24.0 Å². The smallest absolute Gasteiger partial charge is 0.306 e. The number of carbonyl (C=O) groups is 2. The summed E-state index contributed by atoms with van der Waals surface area (Å²) in [7, 11) is 0. The number of carboxylic acids is 1. The van der Waals surface area contributed by atoms with Crippen LogP contribution in [-0.4, -0.2) is 47.7 Å². The molecule has 2 aromatic rings. The Morgan fingerprint density at radius 3 is 2.95 bits per heavy atom. The number of ether oxygens (including phenoxy) is 1. The quantitative estimate of drug-likeness (QED) is 0.944. The maximum absolute atomic E-state index is 12.5. The number of benzene rings is 1. The summed E-state index contributed by atoms with van der Waals surface area (Å²) in [6.45, 7) is 1.22. The van der Waals surface area contributed by atoms with Crippen molar-refractivity contribution in [1.82, 2.24) is 4.90 Å². The Morgan fingerprint density at radius 2 is 2.19 bits per heavy atom. The third kappa shape index (κ3) is 3.06. The first-order valence-electron chi connectivity index (χ1n) is 6.75. The number of hydrogen-bond acceptors (Lipinski definition) is 4. The van der Waals surface area contributed by atoms with Crippen LogP contribution in [0, 0.1) is 0 Å². The van der Waals surface area contributed by atoms with E-state index in [9.17, 15) is 9.59 Å². The van der Waals surface area contributed by atoms with Gasteiger partial charge in [0.15, 0.2) is 0 Å². The Labute approximate surface area is 125 Å². The summed E-state index contributed by atoms with van der Waals surface area (Å²) in [6, 6.07) is 9.76. The summed E-state index contributed by atoms with van der Waals surface area (Å²) in [4.78, 5) is 25.7. The highest BCUT2D eigenvalue weighted by atomic mass is 32.1. The van der Waals surface area contributed by atoms with Gasteiger partial charge in [-0.05, 0) is 17.5 Å². The van der Waals surface area contributed by atoms with E-state index in [1.807, 2.05) is 30.3 Å². The second-order valence-electron chi connectivity index (χ2n) is 4.99. The van der Waals surface area contributed by atoms with E-state index in [0.29, 0.717) is 24.6 Å². The number of carbonyl (C=O) groups excluding carboxylic acids is 1. The average Bonchev–Trinajstić information content (AvgIpc) is 2.90. The zero-order valence-corrected chi connectivity index (χ0v) is 12.1. The van der Waals surface area contributed by atoms with E-state index in [1.54, 1.807) is 4.90 Å². The number of hydrogen-bond donors (Lipinski definition) is 1. The number of fused-ring (bicyclic) bond motifs is 1. The van der Waals surface area contributed by atoms with Crippen molar-refractivity contribution in [3.8, 4) is 0 Å². The molecule has 3 rings (SSSR count). The third-order valence-corrected chi connectivity index (χ3v) is 4.57. The predicted octanol–water partition coefficient (Wildman–Crippen LogP) is 2.22. The van der Waals surface area contributed by atoms with Gasteiger partial charge in [-0.15, -0.1) is 11.3 Å². The maximum atomic E-state index is 12.5. The minimum atomic E-state index is -0.906. The molecule has 2 heterocycles. The molecule has 1 aromatic heterocycles. The number of amides is 1. The molecule has 1 fully saturated rings. The van der Waals surface area contributed by atoms with Gasteiger partial charge in [-0.25, -0.2) is 0 Å². The van der Waals surface area contributed by atoms with Crippen molar-refractivity contribution in [2.75, 3.05) is 19.7 Å². The standard InChI is InChI=1S/C15H15NO4S/c17-14(18)8-11-9-16(5-6-20-11)15(19)13-7-10-3-1-2-4-12(10)21-13/h1-4,7,11H,5-6,8-9H2,(H,17,18). The molecule has 0 aliphatic carbocycles. The number of aliphatic carboxylic acids is 1. The van der Waals surface area contributed by atoms with Crippen molar-refractivity contribution in [1.29, 1.82) is 0 Å². The highest BCUT2D eigenvalue weighted by Gasteiger charge is 2.27. The number of thiophene rings is 1. The number of nitrogens with zero attached hydrogens (tertiary/aromatic N) is 1. The topological polar surface area (TPSA) is 66.8 Å². The molecule has 6 heteroatoms. The fourth-order valence-electron chi connectivity index (χ4n) is 2.47. The summed E-state index contributed by atoms with van der Waals surface area (Å²) >= 11 is 1.47. The average molecular weight is 305 g/mol. The first-order valence-corrected chi connectivity index (χ1v) is 7.56. The molecule has 21 heavy (non-hydrogen) atoms. The minimum absolute atomic E-state index is 0.0464. The molecule has 0 spiro atoms. The number of rotatable bonds is 3. The normalized spacial score (nSPS) is 18.9. The number of morpholine rings is 1. The summed E-state index contributed by atoms with van der Waals surface area (Å²) in [5.74, 6) is -0.953. The highest BCUT2D eigenvalue weighted by molar-refractivity contribution is 7.20. The first kappa shape index (κ1) is 14.0. The molecule has 1 aromatic carbocycles. The molecule has 5 nitrogen and oxygen atoms in total. The van der Waals surface area contributed by atoms with Crippen LogP contribution < -0.4 is 0 Å². The van der Waals surface area contributed by atoms with E-state index in [-0.39, 0.29) is 12.3 Å².